The number of unbranched alkanes of at least 4 members (excludes halogenated alkanes) is 25. The van der Waals surface area contributed by atoms with Crippen molar-refractivity contribution in [3.05, 3.63) is 0 Å². The topological polar surface area (TPSA) is 74.6 Å². The second-order valence-corrected chi connectivity index (χ2v) is 13.6. The predicted octanol–water partition coefficient (Wildman–Crippen LogP) is 12.2. The van der Waals surface area contributed by atoms with E-state index in [9.17, 15) is 9.59 Å². The molecule has 0 aliphatic rings. The van der Waals surface area contributed by atoms with Gasteiger partial charge in [-0.3, -0.25) is 9.59 Å². The molecule has 0 saturated heterocycles. The first-order valence-electron chi connectivity index (χ1n) is 18.1. The molecule has 246 valence electrons. The van der Waals surface area contributed by atoms with Gasteiger partial charge in [-0.05, 0) is 12.8 Å². The molecule has 0 aromatic heterocycles. The van der Waals surface area contributed by atoms with Gasteiger partial charge in [0.15, 0.2) is 0 Å². The number of carboxylic acids is 2. The molecule has 0 saturated carbocycles. The van der Waals surface area contributed by atoms with Crippen molar-refractivity contribution in [3.63, 3.8) is 0 Å². The molecule has 0 aliphatic carbocycles. The fourth-order valence-electron chi connectivity index (χ4n) is 4.79. The Balaban J connectivity index is -0.000000604. The van der Waals surface area contributed by atoms with E-state index in [1.54, 1.807) is 0 Å². The molecule has 0 spiro atoms. The van der Waals surface area contributed by atoms with E-state index < -0.39 is 11.9 Å². The molecule has 2 radical (unpaired) electrons. The molecule has 0 aliphatic heterocycles. The Hall–Kier alpha value is -0.261. The second kappa shape index (κ2) is 44.2. The molecule has 0 unspecified atom stereocenters. The molecule has 0 rings (SSSR count). The van der Waals surface area contributed by atoms with E-state index in [0.29, 0.717) is 12.8 Å². The minimum atomic E-state index is -0.655. The van der Waals surface area contributed by atoms with Crippen LogP contribution in [-0.2, 0) is 9.59 Å². The number of aliphatic carboxylic acids is 2. The zero-order chi connectivity index (χ0) is 31.1. The Bertz CT molecular complexity index is 442. The molecule has 0 heterocycles. The third-order valence-corrected chi connectivity index (χ3v) is 8.71. The van der Waals surface area contributed by atoms with Crippen molar-refractivity contribution in [3.8, 4) is 0 Å². The Labute approximate surface area is 271 Å². The van der Waals surface area contributed by atoms with Crippen LogP contribution >= 0.6 is 0 Å². The van der Waals surface area contributed by atoms with Crippen LogP contribution in [0.25, 0.3) is 0 Å². The van der Waals surface area contributed by atoms with Crippen LogP contribution in [-0.4, -0.2) is 44.7 Å². The monoisotopic (exact) mass is 690 g/mol. The molecule has 4 nitrogen and oxygen atoms in total. The van der Waals surface area contributed by atoms with Gasteiger partial charge in [-0.2, -0.15) is 0 Å². The summed E-state index contributed by atoms with van der Waals surface area (Å²) < 4.78 is 1.47. The standard InChI is InChI=1S/2C16H32O2.C4H9.Sn.H/c2*1-2-3-4-5-6-7-8-9-10-11-12-13-14-15-16(17)18;1-3-4-2;;/h2*2-15H2,1H3,(H,17,18);1,3-4H2,2H3;;. The van der Waals surface area contributed by atoms with Gasteiger partial charge in [-0.15, -0.1) is 0 Å². The summed E-state index contributed by atoms with van der Waals surface area (Å²) in [6.07, 6.45) is 37.4. The van der Waals surface area contributed by atoms with Gasteiger partial charge in [0, 0.05) is 12.8 Å². The van der Waals surface area contributed by atoms with Crippen LogP contribution in [0.4, 0.5) is 0 Å². The quantitative estimate of drug-likeness (QED) is 0.0581. The van der Waals surface area contributed by atoms with E-state index in [-0.39, 0.29) is 0 Å². The summed E-state index contributed by atoms with van der Waals surface area (Å²) in [6.45, 7) is 6.75. The number of hydrogen-bond donors (Lipinski definition) is 2. The molecular weight excluding hydrogens is 615 g/mol. The summed E-state index contributed by atoms with van der Waals surface area (Å²) >= 11 is 1.45. The van der Waals surface area contributed by atoms with Gasteiger partial charge in [0.05, 0.1) is 0 Å². The van der Waals surface area contributed by atoms with Crippen molar-refractivity contribution in [2.45, 2.75) is 218 Å². The SMILES string of the molecule is CCCCCCCCCCCCCCCC(=O)O.CCCCCCCCCCCCCCCC(=O)O.CCC[CH2][SnH]. The van der Waals surface area contributed by atoms with Gasteiger partial charge < -0.3 is 10.2 Å². The van der Waals surface area contributed by atoms with Crippen molar-refractivity contribution in [2.75, 3.05) is 0 Å². The van der Waals surface area contributed by atoms with Crippen LogP contribution in [0.1, 0.15) is 213 Å². The van der Waals surface area contributed by atoms with Crippen molar-refractivity contribution in [1.82, 2.24) is 0 Å². The van der Waals surface area contributed by atoms with E-state index in [1.165, 1.54) is 181 Å². The minimum absolute atomic E-state index is 0.345. The first-order chi connectivity index (χ1) is 20.0. The molecular formula is C36H74O4Sn. The summed E-state index contributed by atoms with van der Waals surface area (Å²) in [5.74, 6) is -1.31. The van der Waals surface area contributed by atoms with E-state index in [4.69, 9.17) is 10.2 Å². The maximum atomic E-state index is 10.3. The number of rotatable bonds is 30. The molecule has 0 atom stereocenters. The molecule has 0 aromatic carbocycles. The zero-order valence-corrected chi connectivity index (χ0v) is 31.5. The second-order valence-electron chi connectivity index (χ2n) is 11.9. The van der Waals surface area contributed by atoms with Crippen LogP contribution in [0.5, 0.6) is 0 Å². The van der Waals surface area contributed by atoms with Crippen molar-refractivity contribution >= 4 is 34.5 Å². The molecule has 0 fully saturated rings. The summed E-state index contributed by atoms with van der Waals surface area (Å²) in [4.78, 5) is 20.6. The maximum absolute atomic E-state index is 10.3. The normalized spacial score (nSPS) is 10.4. The van der Waals surface area contributed by atoms with E-state index >= 15 is 0 Å². The van der Waals surface area contributed by atoms with Crippen LogP contribution < -0.4 is 0 Å². The average molecular weight is 690 g/mol. The molecule has 0 bridgehead atoms. The molecule has 0 aromatic rings. The Morgan fingerprint density at radius 2 is 0.561 bits per heavy atom. The van der Waals surface area contributed by atoms with Gasteiger partial charge in [-0.25, -0.2) is 0 Å². The molecule has 5 heteroatoms. The number of carboxylic acid groups (broad SMARTS) is 2. The van der Waals surface area contributed by atoms with Crippen molar-refractivity contribution in [2.24, 2.45) is 0 Å². The molecule has 41 heavy (non-hydrogen) atoms. The third-order valence-electron chi connectivity index (χ3n) is 7.55. The summed E-state index contributed by atoms with van der Waals surface area (Å²) in [7, 11) is 0. The molecule has 0 amide bonds. The third kappa shape index (κ3) is 56.2. The van der Waals surface area contributed by atoms with Gasteiger partial charge >= 0.3 is 58.7 Å². The van der Waals surface area contributed by atoms with E-state index in [0.717, 1.165) is 25.7 Å². The number of hydrogen-bond acceptors (Lipinski definition) is 2. The Kier molecular flexibility index (Phi) is 48.7. The van der Waals surface area contributed by atoms with Gasteiger partial charge in [-0.1, -0.05) is 168 Å². The van der Waals surface area contributed by atoms with Crippen LogP contribution in [0.15, 0.2) is 0 Å². The van der Waals surface area contributed by atoms with E-state index in [1.807, 2.05) is 0 Å². The van der Waals surface area contributed by atoms with Gasteiger partial charge in [0.1, 0.15) is 0 Å². The van der Waals surface area contributed by atoms with Crippen LogP contribution in [0.2, 0.25) is 4.44 Å². The van der Waals surface area contributed by atoms with Crippen LogP contribution in [0, 0.1) is 0 Å². The predicted molar refractivity (Wildman–Crippen MR) is 183 cm³/mol. The average Bonchev–Trinajstić information content (AvgIpc) is 2.94. The zero-order valence-electron chi connectivity index (χ0n) is 28.2. The van der Waals surface area contributed by atoms with Crippen LogP contribution in [0.3, 0.4) is 0 Å². The first-order valence-corrected chi connectivity index (χ1v) is 20.4. The number of carbonyl (C=O) groups is 2. The fraction of sp³-hybridized carbons (Fsp3) is 0.944. The molecule has 2 N–H and O–H groups in total. The Morgan fingerprint density at radius 3 is 0.707 bits per heavy atom. The fourth-order valence-corrected chi connectivity index (χ4v) is 5.96. The van der Waals surface area contributed by atoms with Crippen molar-refractivity contribution in [1.29, 1.82) is 0 Å². The first kappa shape index (κ1) is 45.2. The van der Waals surface area contributed by atoms with E-state index in [2.05, 4.69) is 20.8 Å². The van der Waals surface area contributed by atoms with Gasteiger partial charge in [0.25, 0.3) is 0 Å². The van der Waals surface area contributed by atoms with Crippen molar-refractivity contribution < 1.29 is 19.8 Å². The summed E-state index contributed by atoms with van der Waals surface area (Å²) in [6, 6.07) is 0. The summed E-state index contributed by atoms with van der Waals surface area (Å²) in [5.41, 5.74) is 0. The summed E-state index contributed by atoms with van der Waals surface area (Å²) in [5, 5.41) is 17.0. The Morgan fingerprint density at radius 1 is 0.366 bits per heavy atom. The van der Waals surface area contributed by atoms with Gasteiger partial charge in [0.2, 0.25) is 0 Å².